The number of hydrogen-bond donors (Lipinski definition) is 0. The molecule has 0 aromatic rings. The maximum Gasteiger partial charge on any atom is 0.213 e. The lowest BCUT2D eigenvalue weighted by Crippen LogP contribution is -2.29. The van der Waals surface area contributed by atoms with Crippen molar-refractivity contribution >= 4 is 6.21 Å². The Bertz CT molecular complexity index is 378. The molecule has 0 N–H and O–H groups in total. The first-order valence-corrected chi connectivity index (χ1v) is 4.92. The molecule has 0 bridgehead atoms. The summed E-state index contributed by atoms with van der Waals surface area (Å²) in [5, 5.41) is 4.64. The number of aliphatic imine (C=N–C) groups is 1. The van der Waals surface area contributed by atoms with Gasteiger partial charge in [-0.15, -0.1) is 0 Å². The third kappa shape index (κ3) is 1.33. The highest BCUT2D eigenvalue weighted by Crippen LogP contribution is 2.28. The van der Waals surface area contributed by atoms with Crippen molar-refractivity contribution in [1.82, 2.24) is 0 Å². The van der Waals surface area contributed by atoms with Crippen LogP contribution in [0.1, 0.15) is 27.7 Å². The van der Waals surface area contributed by atoms with Gasteiger partial charge in [0.2, 0.25) is 5.70 Å². The summed E-state index contributed by atoms with van der Waals surface area (Å²) in [6.45, 7) is 8.60. The summed E-state index contributed by atoms with van der Waals surface area (Å²) in [4.78, 5) is 4.14. The summed E-state index contributed by atoms with van der Waals surface area (Å²) in [5.74, 6) is 0. The fraction of sp³-hybridized carbons (Fsp3) is 0.545. The lowest BCUT2D eigenvalue weighted by molar-refractivity contribution is -0.609. The summed E-state index contributed by atoms with van der Waals surface area (Å²) in [6, 6.07) is 0.187. The van der Waals surface area contributed by atoms with Crippen LogP contribution >= 0.6 is 0 Å². The molecular weight excluding hydrogens is 174 g/mol. The van der Waals surface area contributed by atoms with E-state index < -0.39 is 0 Å². The van der Waals surface area contributed by atoms with Crippen LogP contribution in [0.15, 0.2) is 33.7 Å². The first-order valence-electron chi connectivity index (χ1n) is 4.92. The van der Waals surface area contributed by atoms with E-state index in [2.05, 4.69) is 42.5 Å². The van der Waals surface area contributed by atoms with Crippen LogP contribution in [0, 0.1) is 0 Å². The molecule has 0 saturated heterocycles. The summed E-state index contributed by atoms with van der Waals surface area (Å²) >= 11 is 0. The zero-order chi connectivity index (χ0) is 10.3. The molecule has 0 saturated carbocycles. The van der Waals surface area contributed by atoms with Crippen molar-refractivity contribution in [3.05, 3.63) is 23.5 Å². The van der Waals surface area contributed by atoms with Gasteiger partial charge in [0.25, 0.3) is 0 Å². The number of rotatable bonds is 0. The molecule has 14 heavy (non-hydrogen) atoms. The van der Waals surface area contributed by atoms with Crippen molar-refractivity contribution < 1.29 is 4.70 Å². The normalized spacial score (nSPS) is 25.4. The molecule has 2 heterocycles. The largest absolute Gasteiger partial charge is 0.264 e. The summed E-state index contributed by atoms with van der Waals surface area (Å²) < 4.78 is 2.09. The first kappa shape index (κ1) is 9.31. The second kappa shape index (κ2) is 2.87. The SMILES string of the molecule is CC1=C2C=NC=CC2N=[N+]1C(C)(C)C. The number of hydrogen-bond acceptors (Lipinski definition) is 2. The lowest BCUT2D eigenvalue weighted by Gasteiger charge is -2.11. The van der Waals surface area contributed by atoms with E-state index in [0.29, 0.717) is 0 Å². The van der Waals surface area contributed by atoms with Crippen LogP contribution in [0.5, 0.6) is 0 Å². The molecule has 0 fully saturated rings. The van der Waals surface area contributed by atoms with Gasteiger partial charge in [-0.05, 0) is 11.2 Å². The molecule has 1 atom stereocenters. The molecule has 0 radical (unpaired) electrons. The quantitative estimate of drug-likeness (QED) is 0.525. The summed E-state index contributed by atoms with van der Waals surface area (Å²) in [5.41, 5.74) is 2.49. The molecule has 2 aliphatic heterocycles. The van der Waals surface area contributed by atoms with Crippen molar-refractivity contribution in [2.75, 3.05) is 0 Å². The van der Waals surface area contributed by atoms with Crippen LogP contribution in [-0.4, -0.2) is 22.5 Å². The van der Waals surface area contributed by atoms with Gasteiger partial charge in [0, 0.05) is 40.1 Å². The van der Waals surface area contributed by atoms with E-state index in [1.807, 2.05) is 18.5 Å². The lowest BCUT2D eigenvalue weighted by atomic mass is 10.0. The van der Waals surface area contributed by atoms with Crippen LogP contribution in [0.25, 0.3) is 0 Å². The minimum atomic E-state index is 0.0517. The molecule has 3 nitrogen and oxygen atoms in total. The molecule has 0 amide bonds. The molecule has 2 rings (SSSR count). The molecule has 0 spiro atoms. The monoisotopic (exact) mass is 190 g/mol. The zero-order valence-electron chi connectivity index (χ0n) is 9.15. The van der Waals surface area contributed by atoms with E-state index in [-0.39, 0.29) is 11.6 Å². The second-order valence-corrected chi connectivity index (χ2v) is 4.70. The van der Waals surface area contributed by atoms with Gasteiger partial charge in [0.1, 0.15) is 0 Å². The minimum Gasteiger partial charge on any atom is -0.264 e. The van der Waals surface area contributed by atoms with Crippen molar-refractivity contribution in [1.29, 1.82) is 0 Å². The minimum absolute atomic E-state index is 0.0517. The van der Waals surface area contributed by atoms with E-state index in [1.54, 1.807) is 0 Å². The molecule has 0 aromatic heterocycles. The fourth-order valence-corrected chi connectivity index (χ4v) is 1.85. The average molecular weight is 190 g/mol. The number of nitrogens with zero attached hydrogens (tertiary/aromatic N) is 3. The number of azo groups is 2. The maximum absolute atomic E-state index is 4.64. The number of fused-ring (bicyclic) bond motifs is 1. The van der Waals surface area contributed by atoms with Crippen LogP contribution < -0.4 is 0 Å². The molecule has 0 aliphatic carbocycles. The Labute approximate surface area is 84.5 Å². The Balaban J connectivity index is 2.45. The van der Waals surface area contributed by atoms with Crippen molar-refractivity contribution in [3.8, 4) is 0 Å². The second-order valence-electron chi connectivity index (χ2n) is 4.70. The Morgan fingerprint density at radius 2 is 2.07 bits per heavy atom. The third-order valence-corrected chi connectivity index (χ3v) is 2.50. The molecule has 1 unspecified atom stereocenters. The Morgan fingerprint density at radius 3 is 2.64 bits per heavy atom. The van der Waals surface area contributed by atoms with Gasteiger partial charge in [-0.3, -0.25) is 4.99 Å². The fourth-order valence-electron chi connectivity index (χ4n) is 1.85. The highest BCUT2D eigenvalue weighted by molar-refractivity contribution is 5.83. The standard InChI is InChI=1S/C11H16N3/c1-8-9-7-12-6-5-10(9)13-14(8)11(2,3)4/h5-7,10H,1-4H3/q+1. The van der Waals surface area contributed by atoms with Crippen molar-refractivity contribution in [2.24, 2.45) is 10.1 Å². The van der Waals surface area contributed by atoms with E-state index >= 15 is 0 Å². The molecule has 2 aliphatic rings. The highest BCUT2D eigenvalue weighted by atomic mass is 15.3. The van der Waals surface area contributed by atoms with Crippen molar-refractivity contribution in [2.45, 2.75) is 39.3 Å². The predicted molar refractivity (Wildman–Crippen MR) is 56.6 cm³/mol. The molecular formula is C11H16N3+. The highest BCUT2D eigenvalue weighted by Gasteiger charge is 2.38. The maximum atomic E-state index is 4.64. The molecule has 0 aromatic carbocycles. The van der Waals surface area contributed by atoms with E-state index in [4.69, 9.17) is 0 Å². The van der Waals surface area contributed by atoms with Gasteiger partial charge in [-0.1, -0.05) is 4.70 Å². The van der Waals surface area contributed by atoms with Crippen LogP contribution in [0.3, 0.4) is 0 Å². The van der Waals surface area contributed by atoms with Gasteiger partial charge in [-0.2, -0.15) is 0 Å². The van der Waals surface area contributed by atoms with Crippen LogP contribution in [-0.2, 0) is 0 Å². The van der Waals surface area contributed by atoms with E-state index in [9.17, 15) is 0 Å². The third-order valence-electron chi connectivity index (χ3n) is 2.50. The summed E-state index contributed by atoms with van der Waals surface area (Å²) in [7, 11) is 0. The molecule has 3 heteroatoms. The Hall–Kier alpha value is -1.25. The van der Waals surface area contributed by atoms with Gasteiger partial charge < -0.3 is 0 Å². The van der Waals surface area contributed by atoms with Crippen LogP contribution in [0.2, 0.25) is 0 Å². The first-order chi connectivity index (χ1) is 6.50. The smallest absolute Gasteiger partial charge is 0.213 e. The topological polar surface area (TPSA) is 27.7 Å². The van der Waals surface area contributed by atoms with Gasteiger partial charge in [0.05, 0.1) is 5.57 Å². The van der Waals surface area contributed by atoms with Gasteiger partial charge in [0.15, 0.2) is 11.6 Å². The summed E-state index contributed by atoms with van der Waals surface area (Å²) in [6.07, 6.45) is 5.76. The van der Waals surface area contributed by atoms with Crippen LogP contribution in [0.4, 0.5) is 0 Å². The van der Waals surface area contributed by atoms with Gasteiger partial charge in [-0.25, -0.2) is 0 Å². The predicted octanol–water partition coefficient (Wildman–Crippen LogP) is 2.50. The number of allylic oxidation sites excluding steroid dienone is 1. The van der Waals surface area contributed by atoms with Gasteiger partial charge >= 0.3 is 0 Å². The Kier molecular flexibility index (Phi) is 1.91. The van der Waals surface area contributed by atoms with E-state index in [1.165, 1.54) is 11.3 Å². The van der Waals surface area contributed by atoms with Crippen molar-refractivity contribution in [3.63, 3.8) is 0 Å². The molecule has 74 valence electrons. The Morgan fingerprint density at radius 1 is 1.36 bits per heavy atom. The zero-order valence-corrected chi connectivity index (χ0v) is 9.15. The average Bonchev–Trinajstić information content (AvgIpc) is 2.44. The van der Waals surface area contributed by atoms with E-state index in [0.717, 1.165) is 0 Å².